The van der Waals surface area contributed by atoms with Gasteiger partial charge in [0.1, 0.15) is 6.04 Å². The van der Waals surface area contributed by atoms with Crippen molar-refractivity contribution in [2.75, 3.05) is 26.9 Å². The van der Waals surface area contributed by atoms with Crippen molar-refractivity contribution in [3.63, 3.8) is 0 Å². The second-order valence-corrected chi connectivity index (χ2v) is 4.17. The zero-order valence-electron chi connectivity index (χ0n) is 10.1. The molecular formula is C10H21N3O3. The number of methoxy groups -OCH3 is 1. The van der Waals surface area contributed by atoms with Crippen LogP contribution < -0.4 is 11.3 Å². The van der Waals surface area contributed by atoms with Gasteiger partial charge in [-0.3, -0.25) is 15.1 Å². The number of hydrogen-bond donors (Lipinski definition) is 2. The Hall–Kier alpha value is -0.690. The molecule has 3 unspecified atom stereocenters. The van der Waals surface area contributed by atoms with E-state index in [1.54, 1.807) is 7.11 Å². The molecule has 0 aromatic heterocycles. The van der Waals surface area contributed by atoms with Crippen molar-refractivity contribution < 1.29 is 14.3 Å². The zero-order chi connectivity index (χ0) is 12.1. The summed E-state index contributed by atoms with van der Waals surface area (Å²) in [4.78, 5) is 13.7. The lowest BCUT2D eigenvalue weighted by atomic mass is 10.1. The third-order valence-corrected chi connectivity index (χ3v) is 2.83. The van der Waals surface area contributed by atoms with Crippen LogP contribution in [0, 0.1) is 0 Å². The lowest BCUT2D eigenvalue weighted by molar-refractivity contribution is -0.136. The van der Waals surface area contributed by atoms with Gasteiger partial charge in [-0.05, 0) is 13.8 Å². The summed E-state index contributed by atoms with van der Waals surface area (Å²) < 4.78 is 10.6. The van der Waals surface area contributed by atoms with Crippen LogP contribution in [0.15, 0.2) is 0 Å². The van der Waals surface area contributed by atoms with Gasteiger partial charge in [0, 0.05) is 19.7 Å². The fourth-order valence-corrected chi connectivity index (χ4v) is 1.94. The first-order valence-electron chi connectivity index (χ1n) is 5.46. The first-order chi connectivity index (χ1) is 7.60. The minimum Gasteiger partial charge on any atom is -0.383 e. The molecular weight excluding hydrogens is 210 g/mol. The molecule has 0 spiro atoms. The number of ether oxygens (including phenoxy) is 2. The first-order valence-corrected chi connectivity index (χ1v) is 5.46. The molecule has 1 aliphatic rings. The van der Waals surface area contributed by atoms with Crippen LogP contribution in [0.2, 0.25) is 0 Å². The van der Waals surface area contributed by atoms with Gasteiger partial charge < -0.3 is 9.47 Å². The Morgan fingerprint density at radius 1 is 1.69 bits per heavy atom. The van der Waals surface area contributed by atoms with Gasteiger partial charge in [0.15, 0.2) is 0 Å². The van der Waals surface area contributed by atoms with Crippen molar-refractivity contribution in [1.82, 2.24) is 10.3 Å². The van der Waals surface area contributed by atoms with Gasteiger partial charge in [-0.2, -0.15) is 0 Å². The van der Waals surface area contributed by atoms with Crippen LogP contribution in [0.1, 0.15) is 13.8 Å². The summed E-state index contributed by atoms with van der Waals surface area (Å²) in [5.41, 5.74) is 2.18. The summed E-state index contributed by atoms with van der Waals surface area (Å²) in [6, 6.07) is -0.162. The highest BCUT2D eigenvalue weighted by Gasteiger charge is 2.33. The predicted molar refractivity (Wildman–Crippen MR) is 59.6 cm³/mol. The monoisotopic (exact) mass is 231 g/mol. The molecule has 1 aliphatic heterocycles. The number of hydrogen-bond acceptors (Lipinski definition) is 5. The number of rotatable bonds is 4. The van der Waals surface area contributed by atoms with Crippen molar-refractivity contribution in [3.8, 4) is 0 Å². The van der Waals surface area contributed by atoms with E-state index in [9.17, 15) is 4.79 Å². The van der Waals surface area contributed by atoms with Crippen LogP contribution in [0.3, 0.4) is 0 Å². The van der Waals surface area contributed by atoms with Gasteiger partial charge in [-0.25, -0.2) is 5.84 Å². The summed E-state index contributed by atoms with van der Waals surface area (Å²) >= 11 is 0. The molecule has 0 aliphatic carbocycles. The Morgan fingerprint density at radius 2 is 2.38 bits per heavy atom. The van der Waals surface area contributed by atoms with Crippen LogP contribution in [-0.2, 0) is 14.3 Å². The molecule has 1 amide bonds. The van der Waals surface area contributed by atoms with Gasteiger partial charge in [-0.1, -0.05) is 0 Å². The highest BCUT2D eigenvalue weighted by atomic mass is 16.5. The Kier molecular flexibility index (Phi) is 5.14. The van der Waals surface area contributed by atoms with Crippen molar-refractivity contribution in [3.05, 3.63) is 0 Å². The molecule has 3 atom stereocenters. The number of amides is 1. The molecule has 1 rings (SSSR count). The summed E-state index contributed by atoms with van der Waals surface area (Å²) in [6.07, 6.45) is 0.126. The molecule has 6 nitrogen and oxygen atoms in total. The molecule has 0 aromatic carbocycles. The van der Waals surface area contributed by atoms with Crippen molar-refractivity contribution >= 4 is 5.91 Å². The standard InChI is InChI=1S/C10H21N3O3/c1-7-5-16-8(2)4-13(7)9(6-15-3)10(14)12-11/h7-9H,4-6,11H2,1-3H3,(H,12,14). The van der Waals surface area contributed by atoms with Crippen LogP contribution in [0.4, 0.5) is 0 Å². The van der Waals surface area contributed by atoms with Crippen LogP contribution in [0.25, 0.3) is 0 Å². The van der Waals surface area contributed by atoms with E-state index in [0.29, 0.717) is 19.8 Å². The molecule has 0 radical (unpaired) electrons. The molecule has 6 heteroatoms. The molecule has 1 fully saturated rings. The average molecular weight is 231 g/mol. The van der Waals surface area contributed by atoms with E-state index in [1.165, 1.54) is 0 Å². The number of hydrazine groups is 1. The third-order valence-electron chi connectivity index (χ3n) is 2.83. The molecule has 1 saturated heterocycles. The Balaban J connectivity index is 2.70. The van der Waals surface area contributed by atoms with E-state index in [1.807, 2.05) is 13.8 Å². The summed E-state index contributed by atoms with van der Waals surface area (Å²) in [5, 5.41) is 0. The number of carbonyl (C=O) groups is 1. The Bertz CT molecular complexity index is 237. The normalized spacial score (nSPS) is 28.8. The fourth-order valence-electron chi connectivity index (χ4n) is 1.94. The fraction of sp³-hybridized carbons (Fsp3) is 0.900. The minimum absolute atomic E-state index is 0.126. The van der Waals surface area contributed by atoms with Crippen LogP contribution >= 0.6 is 0 Å². The van der Waals surface area contributed by atoms with E-state index in [-0.39, 0.29) is 24.1 Å². The summed E-state index contributed by atoms with van der Waals surface area (Å²) in [6.45, 7) is 5.68. The number of morpholine rings is 1. The molecule has 16 heavy (non-hydrogen) atoms. The maximum Gasteiger partial charge on any atom is 0.253 e. The molecule has 0 aromatic rings. The van der Waals surface area contributed by atoms with E-state index >= 15 is 0 Å². The molecule has 0 saturated carbocycles. The molecule has 94 valence electrons. The molecule has 1 heterocycles. The molecule has 0 bridgehead atoms. The Labute approximate surface area is 96.0 Å². The smallest absolute Gasteiger partial charge is 0.253 e. The maximum atomic E-state index is 11.7. The number of nitrogens with two attached hydrogens (primary N) is 1. The zero-order valence-corrected chi connectivity index (χ0v) is 10.1. The van der Waals surface area contributed by atoms with Gasteiger partial charge >= 0.3 is 0 Å². The second-order valence-electron chi connectivity index (χ2n) is 4.17. The van der Waals surface area contributed by atoms with E-state index < -0.39 is 0 Å². The molecule has 3 N–H and O–H groups in total. The lowest BCUT2D eigenvalue weighted by Crippen LogP contribution is -2.59. The topological polar surface area (TPSA) is 76.8 Å². The highest BCUT2D eigenvalue weighted by Crippen LogP contribution is 2.15. The second kappa shape index (κ2) is 6.15. The SMILES string of the molecule is COCC(C(=O)NN)N1CC(C)OCC1C. The summed E-state index contributed by atoms with van der Waals surface area (Å²) in [5.74, 6) is 4.96. The first kappa shape index (κ1) is 13.4. The Morgan fingerprint density at radius 3 is 2.94 bits per heavy atom. The quantitative estimate of drug-likeness (QED) is 0.372. The maximum absolute atomic E-state index is 11.7. The average Bonchev–Trinajstić information content (AvgIpc) is 2.28. The number of nitrogens with zero attached hydrogens (tertiary/aromatic N) is 1. The van der Waals surface area contributed by atoms with Gasteiger partial charge in [0.2, 0.25) is 0 Å². The van der Waals surface area contributed by atoms with Crippen molar-refractivity contribution in [1.29, 1.82) is 0 Å². The number of nitrogens with one attached hydrogen (secondary N) is 1. The van der Waals surface area contributed by atoms with Gasteiger partial charge in [0.25, 0.3) is 5.91 Å². The van der Waals surface area contributed by atoms with Crippen molar-refractivity contribution in [2.24, 2.45) is 5.84 Å². The third kappa shape index (κ3) is 3.15. The van der Waals surface area contributed by atoms with E-state index in [0.717, 1.165) is 0 Å². The van der Waals surface area contributed by atoms with E-state index in [4.69, 9.17) is 15.3 Å². The van der Waals surface area contributed by atoms with Crippen molar-refractivity contribution in [2.45, 2.75) is 32.0 Å². The number of carbonyl (C=O) groups excluding carboxylic acids is 1. The largest absolute Gasteiger partial charge is 0.383 e. The summed E-state index contributed by atoms with van der Waals surface area (Å²) in [7, 11) is 1.57. The minimum atomic E-state index is -0.351. The highest BCUT2D eigenvalue weighted by molar-refractivity contribution is 5.81. The predicted octanol–water partition coefficient (Wildman–Crippen LogP) is -0.899. The van der Waals surface area contributed by atoms with Crippen LogP contribution in [-0.4, -0.2) is 55.9 Å². The van der Waals surface area contributed by atoms with Crippen LogP contribution in [0.5, 0.6) is 0 Å². The lowest BCUT2D eigenvalue weighted by Gasteiger charge is -2.40. The van der Waals surface area contributed by atoms with E-state index in [2.05, 4.69) is 10.3 Å². The van der Waals surface area contributed by atoms with Gasteiger partial charge in [-0.15, -0.1) is 0 Å². The van der Waals surface area contributed by atoms with Gasteiger partial charge in [0.05, 0.1) is 19.3 Å².